The van der Waals surface area contributed by atoms with Gasteiger partial charge in [-0.2, -0.15) is 0 Å². The van der Waals surface area contributed by atoms with E-state index < -0.39 is 0 Å². The van der Waals surface area contributed by atoms with Gasteiger partial charge in [0.2, 0.25) is 0 Å². The number of rotatable bonds is 5. The third-order valence-electron chi connectivity index (χ3n) is 2.31. The summed E-state index contributed by atoms with van der Waals surface area (Å²) in [6, 6.07) is 3.61. The molecule has 0 radical (unpaired) electrons. The maximum Gasteiger partial charge on any atom is 0.129 e. The van der Waals surface area contributed by atoms with Crippen molar-refractivity contribution in [1.82, 2.24) is 15.3 Å². The van der Waals surface area contributed by atoms with E-state index in [0.717, 1.165) is 17.1 Å². The number of nitrogens with zero attached hydrogens (tertiary/aromatic N) is 2. The van der Waals surface area contributed by atoms with E-state index in [9.17, 15) is 0 Å². The van der Waals surface area contributed by atoms with Gasteiger partial charge in [-0.05, 0) is 19.1 Å². The second kappa shape index (κ2) is 5.56. The van der Waals surface area contributed by atoms with Gasteiger partial charge in [0, 0.05) is 18.9 Å². The fraction of sp³-hybridized carbons (Fsp3) is 0.333. The molecule has 0 unspecified atom stereocenters. The average Bonchev–Trinajstić information content (AvgIpc) is 2.80. The van der Waals surface area contributed by atoms with Gasteiger partial charge in [0.05, 0.1) is 17.9 Å². The largest absolute Gasteiger partial charge is 0.462 e. The van der Waals surface area contributed by atoms with E-state index in [1.165, 1.54) is 0 Å². The molecule has 0 aliphatic rings. The summed E-state index contributed by atoms with van der Waals surface area (Å²) in [6.07, 6.45) is 3.50. The third-order valence-corrected chi connectivity index (χ3v) is 2.31. The van der Waals surface area contributed by atoms with Gasteiger partial charge in [-0.15, -0.1) is 0 Å². The van der Waals surface area contributed by atoms with Gasteiger partial charge in [-0.25, -0.2) is 0 Å². The maximum absolute atomic E-state index is 8.85. The highest BCUT2D eigenvalue weighted by molar-refractivity contribution is 5.06. The first-order valence-electron chi connectivity index (χ1n) is 5.44. The predicted molar refractivity (Wildman–Crippen MR) is 61.9 cm³/mol. The van der Waals surface area contributed by atoms with E-state index in [1.807, 2.05) is 13.0 Å². The molecule has 2 rings (SSSR count). The van der Waals surface area contributed by atoms with Crippen LogP contribution in [0.15, 0.2) is 28.9 Å². The summed E-state index contributed by atoms with van der Waals surface area (Å²) in [5.74, 6) is 1.38. The van der Waals surface area contributed by atoms with Crippen LogP contribution < -0.4 is 5.32 Å². The van der Waals surface area contributed by atoms with Crippen molar-refractivity contribution in [3.8, 4) is 0 Å². The van der Waals surface area contributed by atoms with Crippen LogP contribution in [0.25, 0.3) is 0 Å². The number of aromatic nitrogens is 2. The molecule has 2 heterocycles. The summed E-state index contributed by atoms with van der Waals surface area (Å²) < 4.78 is 5.34. The van der Waals surface area contributed by atoms with Gasteiger partial charge in [0.1, 0.15) is 18.1 Å². The van der Waals surface area contributed by atoms with Gasteiger partial charge >= 0.3 is 0 Å². The van der Waals surface area contributed by atoms with Crippen LogP contribution in [0.2, 0.25) is 0 Å². The van der Waals surface area contributed by atoms with Crippen LogP contribution in [-0.4, -0.2) is 15.1 Å². The molecule has 0 amide bonds. The first-order chi connectivity index (χ1) is 8.28. The Morgan fingerprint density at radius 2 is 2.00 bits per heavy atom. The Morgan fingerprint density at radius 1 is 1.18 bits per heavy atom. The Morgan fingerprint density at radius 3 is 2.65 bits per heavy atom. The molecule has 90 valence electrons. The number of aliphatic hydroxyl groups is 1. The predicted octanol–water partition coefficient (Wildman–Crippen LogP) is 1.16. The molecule has 0 saturated carbocycles. The number of furan rings is 1. The quantitative estimate of drug-likeness (QED) is 0.811. The molecule has 5 heteroatoms. The van der Waals surface area contributed by atoms with E-state index >= 15 is 0 Å². The molecule has 0 saturated heterocycles. The van der Waals surface area contributed by atoms with E-state index in [4.69, 9.17) is 9.52 Å². The highest BCUT2D eigenvalue weighted by Crippen LogP contribution is 2.07. The number of aliphatic hydroxyl groups excluding tert-OH is 1. The lowest BCUT2D eigenvalue weighted by Crippen LogP contribution is -2.13. The van der Waals surface area contributed by atoms with Crippen molar-refractivity contribution in [3.63, 3.8) is 0 Å². The van der Waals surface area contributed by atoms with Gasteiger partial charge in [0.25, 0.3) is 0 Å². The molecule has 5 nitrogen and oxygen atoms in total. The Labute approximate surface area is 99.5 Å². The lowest BCUT2D eigenvalue weighted by Gasteiger charge is -2.02. The standard InChI is InChI=1S/C12H15N3O2/c1-9-4-15-10(6-14-9)5-13-7-11-2-3-12(8-16)17-11/h2-4,6,13,16H,5,7-8H2,1H3. The summed E-state index contributed by atoms with van der Waals surface area (Å²) in [5.41, 5.74) is 1.80. The molecule has 0 bridgehead atoms. The molecule has 0 fully saturated rings. The zero-order chi connectivity index (χ0) is 12.1. The molecule has 2 aromatic rings. The van der Waals surface area contributed by atoms with Crippen molar-refractivity contribution in [2.45, 2.75) is 26.6 Å². The molecule has 17 heavy (non-hydrogen) atoms. The van der Waals surface area contributed by atoms with Crippen LogP contribution in [0.4, 0.5) is 0 Å². The summed E-state index contributed by atoms with van der Waals surface area (Å²) in [5, 5.41) is 12.0. The molecular weight excluding hydrogens is 218 g/mol. The Balaban J connectivity index is 1.81. The number of hydrogen-bond acceptors (Lipinski definition) is 5. The topological polar surface area (TPSA) is 71.2 Å². The summed E-state index contributed by atoms with van der Waals surface area (Å²) >= 11 is 0. The average molecular weight is 233 g/mol. The SMILES string of the molecule is Cc1cnc(CNCc2ccc(CO)o2)cn1. The molecule has 0 aromatic carbocycles. The minimum Gasteiger partial charge on any atom is -0.462 e. The maximum atomic E-state index is 8.85. The minimum absolute atomic E-state index is 0.0660. The molecule has 0 atom stereocenters. The lowest BCUT2D eigenvalue weighted by atomic mass is 10.4. The van der Waals surface area contributed by atoms with E-state index in [2.05, 4.69) is 15.3 Å². The fourth-order valence-electron chi connectivity index (χ4n) is 1.43. The van der Waals surface area contributed by atoms with Gasteiger partial charge < -0.3 is 14.8 Å². The number of hydrogen-bond donors (Lipinski definition) is 2. The van der Waals surface area contributed by atoms with Crippen LogP contribution in [0.1, 0.15) is 22.9 Å². The van der Waals surface area contributed by atoms with Crippen molar-refractivity contribution < 1.29 is 9.52 Å². The van der Waals surface area contributed by atoms with Crippen LogP contribution in [0.5, 0.6) is 0 Å². The molecule has 2 aromatic heterocycles. The van der Waals surface area contributed by atoms with Crippen LogP contribution in [0, 0.1) is 6.92 Å². The normalized spacial score (nSPS) is 10.7. The van der Waals surface area contributed by atoms with Gasteiger partial charge in [-0.1, -0.05) is 0 Å². The summed E-state index contributed by atoms with van der Waals surface area (Å²) in [7, 11) is 0. The Hall–Kier alpha value is -1.72. The zero-order valence-electron chi connectivity index (χ0n) is 9.68. The second-order valence-corrected chi connectivity index (χ2v) is 3.78. The van der Waals surface area contributed by atoms with Crippen molar-refractivity contribution in [2.24, 2.45) is 0 Å². The van der Waals surface area contributed by atoms with E-state index in [-0.39, 0.29) is 6.61 Å². The minimum atomic E-state index is -0.0660. The monoisotopic (exact) mass is 233 g/mol. The van der Waals surface area contributed by atoms with Crippen molar-refractivity contribution in [1.29, 1.82) is 0 Å². The van der Waals surface area contributed by atoms with Crippen molar-refractivity contribution >= 4 is 0 Å². The second-order valence-electron chi connectivity index (χ2n) is 3.78. The molecule has 0 spiro atoms. The lowest BCUT2D eigenvalue weighted by molar-refractivity contribution is 0.242. The van der Waals surface area contributed by atoms with Crippen molar-refractivity contribution in [3.05, 3.63) is 47.4 Å². The van der Waals surface area contributed by atoms with E-state index in [0.29, 0.717) is 18.8 Å². The first kappa shape index (κ1) is 11.8. The van der Waals surface area contributed by atoms with Crippen LogP contribution in [0.3, 0.4) is 0 Å². The zero-order valence-corrected chi connectivity index (χ0v) is 9.68. The highest BCUT2D eigenvalue weighted by Gasteiger charge is 2.01. The highest BCUT2D eigenvalue weighted by atomic mass is 16.4. The first-order valence-corrected chi connectivity index (χ1v) is 5.44. The van der Waals surface area contributed by atoms with Crippen LogP contribution >= 0.6 is 0 Å². The Bertz CT molecular complexity index is 465. The number of nitrogens with one attached hydrogen (secondary N) is 1. The van der Waals surface area contributed by atoms with Crippen molar-refractivity contribution in [2.75, 3.05) is 0 Å². The Kier molecular flexibility index (Phi) is 3.85. The molecular formula is C12H15N3O2. The summed E-state index contributed by atoms with van der Waals surface area (Å²) in [6.45, 7) is 3.09. The molecule has 0 aliphatic heterocycles. The van der Waals surface area contributed by atoms with Gasteiger partial charge in [-0.3, -0.25) is 9.97 Å². The molecule has 0 aliphatic carbocycles. The van der Waals surface area contributed by atoms with Gasteiger partial charge in [0.15, 0.2) is 0 Å². The molecule has 2 N–H and O–H groups in total. The summed E-state index contributed by atoms with van der Waals surface area (Å²) in [4.78, 5) is 8.40. The van der Waals surface area contributed by atoms with E-state index in [1.54, 1.807) is 18.5 Å². The third kappa shape index (κ3) is 3.37. The smallest absolute Gasteiger partial charge is 0.129 e. The van der Waals surface area contributed by atoms with Crippen LogP contribution in [-0.2, 0) is 19.7 Å². The fourth-order valence-corrected chi connectivity index (χ4v) is 1.43. The number of aryl methyl sites for hydroxylation is 1.